The zero-order valence-electron chi connectivity index (χ0n) is 9.34. The van der Waals surface area contributed by atoms with Crippen LogP contribution in [0.3, 0.4) is 0 Å². The van der Waals surface area contributed by atoms with E-state index in [4.69, 9.17) is 5.41 Å². The summed E-state index contributed by atoms with van der Waals surface area (Å²) in [5.41, 5.74) is 0.291. The molecule has 96 valence electrons. The second-order valence-electron chi connectivity index (χ2n) is 4.43. The average Bonchev–Trinajstić information content (AvgIpc) is 2.70. The third kappa shape index (κ3) is 1.81. The molecule has 1 N–H and O–H groups in total. The Kier molecular flexibility index (Phi) is 2.63. The van der Waals surface area contributed by atoms with Crippen molar-refractivity contribution in [3.8, 4) is 0 Å². The van der Waals surface area contributed by atoms with Gasteiger partial charge in [-0.15, -0.1) is 0 Å². The van der Waals surface area contributed by atoms with Crippen molar-refractivity contribution in [2.24, 2.45) is 0 Å². The molecule has 7 heteroatoms. The first-order valence-corrected chi connectivity index (χ1v) is 8.17. The van der Waals surface area contributed by atoms with E-state index in [1.54, 1.807) is 18.2 Å². The summed E-state index contributed by atoms with van der Waals surface area (Å²) in [5.74, 6) is -0.343. The first-order chi connectivity index (χ1) is 8.48. The summed E-state index contributed by atoms with van der Waals surface area (Å²) in [5, 5.41) is 7.97. The molecule has 2 heterocycles. The number of rotatable bonds is 1. The van der Waals surface area contributed by atoms with Crippen molar-refractivity contribution in [3.05, 3.63) is 30.1 Å². The quantitative estimate of drug-likeness (QED) is 0.849. The highest BCUT2D eigenvalue weighted by molar-refractivity contribution is 8.15. The standard InChI is InChI=1S/C11H11FN2O2S2/c12-7-3-1-2-4-8(7)14-9-5-18(15,16)6-10(9)17-11(14)13/h1-4,9-10,13H,5-6H2/t9-,10+/m0/s1. The number of amidine groups is 1. The van der Waals surface area contributed by atoms with Crippen molar-refractivity contribution >= 4 is 32.5 Å². The molecule has 0 amide bonds. The zero-order valence-corrected chi connectivity index (χ0v) is 11.0. The lowest BCUT2D eigenvalue weighted by molar-refractivity contribution is 0.600. The second kappa shape index (κ2) is 3.96. The Hall–Kier alpha value is -1.08. The first-order valence-electron chi connectivity index (χ1n) is 5.47. The fourth-order valence-electron chi connectivity index (χ4n) is 2.44. The van der Waals surface area contributed by atoms with Crippen molar-refractivity contribution in [3.63, 3.8) is 0 Å². The number of para-hydroxylation sites is 1. The SMILES string of the molecule is N=C1S[C@@H]2CS(=O)(=O)C[C@@H]2N1c1ccccc1F. The van der Waals surface area contributed by atoms with Crippen LogP contribution in [-0.2, 0) is 9.84 Å². The molecule has 4 nitrogen and oxygen atoms in total. The number of hydrogen-bond donors (Lipinski definition) is 1. The van der Waals surface area contributed by atoms with Crippen molar-refractivity contribution in [2.45, 2.75) is 11.3 Å². The van der Waals surface area contributed by atoms with E-state index in [-0.39, 0.29) is 28.0 Å². The summed E-state index contributed by atoms with van der Waals surface area (Å²) in [6.45, 7) is 0. The van der Waals surface area contributed by atoms with Gasteiger partial charge in [0.25, 0.3) is 0 Å². The summed E-state index contributed by atoms with van der Waals surface area (Å²) >= 11 is 1.21. The third-order valence-electron chi connectivity index (χ3n) is 3.20. The highest BCUT2D eigenvalue weighted by atomic mass is 32.2. The van der Waals surface area contributed by atoms with Gasteiger partial charge in [-0.3, -0.25) is 5.41 Å². The Bertz CT molecular complexity index is 617. The minimum absolute atomic E-state index is 0.00137. The van der Waals surface area contributed by atoms with Crippen LogP contribution in [-0.4, -0.2) is 36.4 Å². The van der Waals surface area contributed by atoms with E-state index in [0.717, 1.165) is 0 Å². The summed E-state index contributed by atoms with van der Waals surface area (Å²) in [4.78, 5) is 1.51. The first kappa shape index (κ1) is 12.0. The molecule has 0 unspecified atom stereocenters. The Labute approximate surface area is 109 Å². The molecule has 0 aromatic heterocycles. The molecule has 3 rings (SSSR count). The number of sulfone groups is 1. The maximum absolute atomic E-state index is 13.8. The molecule has 2 fully saturated rings. The highest BCUT2D eigenvalue weighted by Crippen LogP contribution is 2.40. The van der Waals surface area contributed by atoms with E-state index >= 15 is 0 Å². The molecule has 2 atom stereocenters. The summed E-state index contributed by atoms with van der Waals surface area (Å²) < 4.78 is 37.0. The predicted octanol–water partition coefficient (Wildman–Crippen LogP) is 1.48. The van der Waals surface area contributed by atoms with Crippen LogP contribution >= 0.6 is 11.8 Å². The topological polar surface area (TPSA) is 61.2 Å². The number of benzene rings is 1. The smallest absolute Gasteiger partial charge is 0.161 e. The number of nitrogens with one attached hydrogen (secondary N) is 1. The minimum Gasteiger partial charge on any atom is -0.313 e. The number of thioether (sulfide) groups is 1. The van der Waals surface area contributed by atoms with Crippen molar-refractivity contribution < 1.29 is 12.8 Å². The Balaban J connectivity index is 2.02. The monoisotopic (exact) mass is 286 g/mol. The van der Waals surface area contributed by atoms with Gasteiger partial charge in [-0.05, 0) is 12.1 Å². The summed E-state index contributed by atoms with van der Waals surface area (Å²) in [7, 11) is -3.06. The van der Waals surface area contributed by atoms with Gasteiger partial charge in [-0.1, -0.05) is 23.9 Å². The molecule has 1 aromatic carbocycles. The van der Waals surface area contributed by atoms with Crippen LogP contribution in [0, 0.1) is 11.2 Å². The molecule has 0 radical (unpaired) electrons. The van der Waals surface area contributed by atoms with E-state index in [2.05, 4.69) is 0 Å². The molecule has 0 aliphatic carbocycles. The predicted molar refractivity (Wildman–Crippen MR) is 70.4 cm³/mol. The lowest BCUT2D eigenvalue weighted by atomic mass is 10.2. The Morgan fingerprint density at radius 2 is 2.06 bits per heavy atom. The van der Waals surface area contributed by atoms with Gasteiger partial charge in [-0.25, -0.2) is 12.8 Å². The van der Waals surface area contributed by atoms with Crippen LogP contribution in [0.2, 0.25) is 0 Å². The molecule has 0 bridgehead atoms. The number of fused-ring (bicyclic) bond motifs is 1. The lowest BCUT2D eigenvalue weighted by Gasteiger charge is -2.24. The largest absolute Gasteiger partial charge is 0.313 e. The van der Waals surface area contributed by atoms with Crippen LogP contribution in [0.1, 0.15) is 0 Å². The summed E-state index contributed by atoms with van der Waals surface area (Å²) in [6.07, 6.45) is 0. The number of anilines is 1. The van der Waals surface area contributed by atoms with Crippen molar-refractivity contribution in [1.29, 1.82) is 5.41 Å². The average molecular weight is 286 g/mol. The number of nitrogens with zero attached hydrogens (tertiary/aromatic N) is 1. The molecule has 2 aliphatic heterocycles. The maximum Gasteiger partial charge on any atom is 0.161 e. The molecule has 2 saturated heterocycles. The van der Waals surface area contributed by atoms with Crippen LogP contribution in [0.5, 0.6) is 0 Å². The van der Waals surface area contributed by atoms with Crippen molar-refractivity contribution in [2.75, 3.05) is 16.4 Å². The fourth-order valence-corrected chi connectivity index (χ4v) is 6.22. The van der Waals surface area contributed by atoms with Crippen LogP contribution in [0.25, 0.3) is 0 Å². The van der Waals surface area contributed by atoms with Gasteiger partial charge in [-0.2, -0.15) is 0 Å². The van der Waals surface area contributed by atoms with Gasteiger partial charge in [0, 0.05) is 5.25 Å². The van der Waals surface area contributed by atoms with Gasteiger partial charge in [0.05, 0.1) is 23.2 Å². The zero-order chi connectivity index (χ0) is 12.9. The fraction of sp³-hybridized carbons (Fsp3) is 0.364. The normalized spacial score (nSPS) is 29.6. The van der Waals surface area contributed by atoms with Crippen molar-refractivity contribution in [1.82, 2.24) is 0 Å². The van der Waals surface area contributed by atoms with E-state index in [0.29, 0.717) is 5.69 Å². The highest BCUT2D eigenvalue weighted by Gasteiger charge is 2.49. The van der Waals surface area contributed by atoms with Crippen LogP contribution in [0.15, 0.2) is 24.3 Å². The second-order valence-corrected chi connectivity index (χ2v) is 7.81. The molecular weight excluding hydrogens is 275 g/mol. The minimum atomic E-state index is -3.06. The third-order valence-corrected chi connectivity index (χ3v) is 6.33. The maximum atomic E-state index is 13.8. The van der Waals surface area contributed by atoms with Crippen LogP contribution in [0.4, 0.5) is 10.1 Å². The molecule has 0 spiro atoms. The molecule has 2 aliphatic rings. The van der Waals surface area contributed by atoms with Crippen LogP contribution < -0.4 is 4.90 Å². The van der Waals surface area contributed by atoms with Gasteiger partial charge in [0.15, 0.2) is 15.0 Å². The van der Waals surface area contributed by atoms with Gasteiger partial charge < -0.3 is 4.90 Å². The Morgan fingerprint density at radius 3 is 2.78 bits per heavy atom. The van der Waals surface area contributed by atoms with Gasteiger partial charge in [0.1, 0.15) is 5.82 Å². The molecular formula is C11H11FN2O2S2. The van der Waals surface area contributed by atoms with E-state index < -0.39 is 15.7 Å². The van der Waals surface area contributed by atoms with Gasteiger partial charge in [0.2, 0.25) is 0 Å². The summed E-state index contributed by atoms with van der Waals surface area (Å²) in [6, 6.07) is 5.85. The Morgan fingerprint density at radius 1 is 1.33 bits per heavy atom. The van der Waals surface area contributed by atoms with Gasteiger partial charge >= 0.3 is 0 Å². The van der Waals surface area contributed by atoms with E-state index in [9.17, 15) is 12.8 Å². The molecule has 0 saturated carbocycles. The number of halogens is 1. The molecule has 1 aromatic rings. The number of hydrogen-bond acceptors (Lipinski definition) is 4. The van der Waals surface area contributed by atoms with E-state index in [1.165, 1.54) is 22.7 Å². The van der Waals surface area contributed by atoms with E-state index in [1.807, 2.05) is 0 Å². The molecule has 18 heavy (non-hydrogen) atoms. The lowest BCUT2D eigenvalue weighted by Crippen LogP contribution is -2.37.